The molecule has 2 amide bonds. The van der Waals surface area contributed by atoms with E-state index in [0.29, 0.717) is 11.3 Å². The number of nitrogens with one attached hydrogen (secondary N) is 1. The Balaban J connectivity index is 2.40. The largest absolute Gasteiger partial charge is 0.469 e. The minimum absolute atomic E-state index is 0.105. The van der Waals surface area contributed by atoms with Crippen molar-refractivity contribution in [2.24, 2.45) is 5.92 Å². The van der Waals surface area contributed by atoms with E-state index in [2.05, 4.69) is 5.32 Å². The van der Waals surface area contributed by atoms with Crippen molar-refractivity contribution < 1.29 is 19.1 Å². The van der Waals surface area contributed by atoms with Crippen molar-refractivity contribution in [3.05, 3.63) is 29.3 Å². The number of rotatable bonds is 3. The molecule has 1 heterocycles. The van der Waals surface area contributed by atoms with Crippen LogP contribution in [0.1, 0.15) is 22.3 Å². The first-order valence-corrected chi connectivity index (χ1v) is 6.69. The fraction of sp³-hybridized carbons (Fsp3) is 0.400. The lowest BCUT2D eigenvalue weighted by molar-refractivity contribution is -0.145. The van der Waals surface area contributed by atoms with E-state index in [1.807, 2.05) is 13.0 Å². The van der Waals surface area contributed by atoms with Gasteiger partial charge in [-0.1, -0.05) is 12.1 Å². The van der Waals surface area contributed by atoms with E-state index in [-0.39, 0.29) is 24.8 Å². The Hall–Kier alpha value is -2.37. The van der Waals surface area contributed by atoms with Crippen LogP contribution in [0.2, 0.25) is 0 Å². The number of carbonyl (C=O) groups is 3. The van der Waals surface area contributed by atoms with Gasteiger partial charge in [-0.3, -0.25) is 14.4 Å². The minimum atomic E-state index is -0.486. The first-order valence-electron chi connectivity index (χ1n) is 6.69. The Kier molecular flexibility index (Phi) is 4.26. The molecule has 0 bridgehead atoms. The van der Waals surface area contributed by atoms with Crippen LogP contribution < -0.4 is 10.2 Å². The number of aryl methyl sites for hydroxylation is 1. The van der Waals surface area contributed by atoms with E-state index in [1.165, 1.54) is 19.1 Å². The molecule has 2 rings (SSSR count). The Bertz CT molecular complexity index is 597. The van der Waals surface area contributed by atoms with Crippen LogP contribution in [0.25, 0.3) is 0 Å². The molecule has 1 aliphatic heterocycles. The lowest BCUT2D eigenvalue weighted by Crippen LogP contribution is -2.30. The van der Waals surface area contributed by atoms with Gasteiger partial charge in [-0.05, 0) is 18.6 Å². The molecule has 6 heteroatoms. The summed E-state index contributed by atoms with van der Waals surface area (Å²) in [5.41, 5.74) is 1.81. The molecule has 0 aromatic heterocycles. The summed E-state index contributed by atoms with van der Waals surface area (Å²) in [6.07, 6.45) is 0.105. The van der Waals surface area contributed by atoms with Crippen LogP contribution >= 0.6 is 0 Å². The molecule has 0 aliphatic carbocycles. The zero-order chi connectivity index (χ0) is 15.6. The first-order chi connectivity index (χ1) is 9.99. The summed E-state index contributed by atoms with van der Waals surface area (Å²) in [6.45, 7) is 2.07. The summed E-state index contributed by atoms with van der Waals surface area (Å²) in [5.74, 6) is -1.33. The van der Waals surface area contributed by atoms with Gasteiger partial charge in [0.2, 0.25) is 5.91 Å². The molecule has 1 N–H and O–H groups in total. The van der Waals surface area contributed by atoms with Crippen molar-refractivity contribution in [3.63, 3.8) is 0 Å². The Morgan fingerprint density at radius 1 is 1.38 bits per heavy atom. The number of anilines is 1. The summed E-state index contributed by atoms with van der Waals surface area (Å²) in [6, 6.07) is 5.27. The highest BCUT2D eigenvalue weighted by Crippen LogP contribution is 2.31. The first kappa shape index (κ1) is 15.0. The summed E-state index contributed by atoms with van der Waals surface area (Å²) >= 11 is 0. The molecule has 1 aromatic rings. The second kappa shape index (κ2) is 5.95. The van der Waals surface area contributed by atoms with Gasteiger partial charge in [-0.2, -0.15) is 0 Å². The second-order valence-corrected chi connectivity index (χ2v) is 4.98. The smallest absolute Gasteiger partial charge is 0.311 e. The molecule has 0 radical (unpaired) electrons. The number of hydrogen-bond acceptors (Lipinski definition) is 4. The number of para-hydroxylation sites is 1. The third-order valence-electron chi connectivity index (χ3n) is 3.64. The molecule has 1 unspecified atom stereocenters. The van der Waals surface area contributed by atoms with Crippen LogP contribution in [0.3, 0.4) is 0 Å². The summed E-state index contributed by atoms with van der Waals surface area (Å²) < 4.78 is 4.70. The third-order valence-corrected chi connectivity index (χ3v) is 3.64. The van der Waals surface area contributed by atoms with Crippen molar-refractivity contribution in [2.75, 3.05) is 25.6 Å². The standard InChI is InChI=1S/C15H18N2O4/c1-9-5-4-6-11(14(19)16-2)13(9)17-8-10(7-12(17)18)15(20)21-3/h4-6,10H,7-8H2,1-3H3,(H,16,19). The van der Waals surface area contributed by atoms with Gasteiger partial charge in [0.05, 0.1) is 24.3 Å². The van der Waals surface area contributed by atoms with Crippen LogP contribution in [0.15, 0.2) is 18.2 Å². The van der Waals surface area contributed by atoms with Crippen LogP contribution in [0.4, 0.5) is 5.69 Å². The predicted molar refractivity (Wildman–Crippen MR) is 77.0 cm³/mol. The molecule has 1 aliphatic rings. The van der Waals surface area contributed by atoms with Crippen molar-refractivity contribution in [1.29, 1.82) is 0 Å². The van der Waals surface area contributed by atoms with Gasteiger partial charge in [0.25, 0.3) is 5.91 Å². The number of methoxy groups -OCH3 is 1. The van der Waals surface area contributed by atoms with Gasteiger partial charge >= 0.3 is 5.97 Å². The highest BCUT2D eigenvalue weighted by atomic mass is 16.5. The predicted octanol–water partition coefficient (Wildman–Crippen LogP) is 0.881. The molecule has 0 saturated carbocycles. The number of nitrogens with zero attached hydrogens (tertiary/aromatic N) is 1. The van der Waals surface area contributed by atoms with Crippen LogP contribution in [0.5, 0.6) is 0 Å². The molecule has 1 aromatic carbocycles. The Labute approximate surface area is 123 Å². The fourth-order valence-electron chi connectivity index (χ4n) is 2.58. The van der Waals surface area contributed by atoms with Gasteiger partial charge in [0, 0.05) is 20.0 Å². The monoisotopic (exact) mass is 290 g/mol. The molecule has 1 atom stereocenters. The highest BCUT2D eigenvalue weighted by molar-refractivity contribution is 6.07. The molecule has 1 fully saturated rings. The lowest BCUT2D eigenvalue weighted by atomic mass is 10.1. The van der Waals surface area contributed by atoms with Crippen molar-refractivity contribution in [1.82, 2.24) is 5.32 Å². The third kappa shape index (κ3) is 2.74. The zero-order valence-electron chi connectivity index (χ0n) is 12.3. The SMILES string of the molecule is CNC(=O)c1cccc(C)c1N1CC(C(=O)OC)CC1=O. The molecular formula is C15H18N2O4. The molecule has 1 saturated heterocycles. The van der Waals surface area contributed by atoms with E-state index in [1.54, 1.807) is 12.1 Å². The van der Waals surface area contributed by atoms with Crippen molar-refractivity contribution in [2.45, 2.75) is 13.3 Å². The lowest BCUT2D eigenvalue weighted by Gasteiger charge is -2.22. The van der Waals surface area contributed by atoms with Crippen LogP contribution in [0, 0.1) is 12.8 Å². The average Bonchev–Trinajstić information content (AvgIpc) is 2.87. The van der Waals surface area contributed by atoms with E-state index in [4.69, 9.17) is 4.74 Å². The fourth-order valence-corrected chi connectivity index (χ4v) is 2.58. The van der Waals surface area contributed by atoms with E-state index >= 15 is 0 Å². The van der Waals surface area contributed by atoms with Gasteiger partial charge in [0.1, 0.15) is 0 Å². The van der Waals surface area contributed by atoms with Gasteiger partial charge in [0.15, 0.2) is 0 Å². The summed E-state index contributed by atoms with van der Waals surface area (Å²) in [5, 5.41) is 2.56. The summed E-state index contributed by atoms with van der Waals surface area (Å²) in [4.78, 5) is 37.3. The molecule has 21 heavy (non-hydrogen) atoms. The van der Waals surface area contributed by atoms with Crippen LogP contribution in [-0.4, -0.2) is 38.5 Å². The molecule has 112 valence electrons. The number of esters is 1. The number of carbonyl (C=O) groups excluding carboxylic acids is 3. The van der Waals surface area contributed by atoms with E-state index in [0.717, 1.165) is 5.56 Å². The second-order valence-electron chi connectivity index (χ2n) is 4.98. The number of hydrogen-bond donors (Lipinski definition) is 1. The van der Waals surface area contributed by atoms with Gasteiger partial charge in [-0.15, -0.1) is 0 Å². The van der Waals surface area contributed by atoms with E-state index in [9.17, 15) is 14.4 Å². The maximum atomic E-state index is 12.2. The maximum Gasteiger partial charge on any atom is 0.311 e. The molecular weight excluding hydrogens is 272 g/mol. The molecule has 6 nitrogen and oxygen atoms in total. The van der Waals surface area contributed by atoms with Crippen LogP contribution in [-0.2, 0) is 14.3 Å². The molecule has 0 spiro atoms. The van der Waals surface area contributed by atoms with Gasteiger partial charge < -0.3 is 15.0 Å². The van der Waals surface area contributed by atoms with Crippen molar-refractivity contribution in [3.8, 4) is 0 Å². The summed E-state index contributed by atoms with van der Waals surface area (Å²) in [7, 11) is 2.84. The Morgan fingerprint density at radius 2 is 2.10 bits per heavy atom. The van der Waals surface area contributed by atoms with E-state index < -0.39 is 11.9 Å². The normalized spacial score (nSPS) is 17.8. The highest BCUT2D eigenvalue weighted by Gasteiger charge is 2.37. The average molecular weight is 290 g/mol. The topological polar surface area (TPSA) is 75.7 Å². The number of benzene rings is 1. The number of amides is 2. The zero-order valence-corrected chi connectivity index (χ0v) is 12.3. The maximum absolute atomic E-state index is 12.2. The van der Waals surface area contributed by atoms with Crippen molar-refractivity contribution >= 4 is 23.5 Å². The van der Waals surface area contributed by atoms with Gasteiger partial charge in [-0.25, -0.2) is 0 Å². The number of ether oxygens (including phenoxy) is 1. The quantitative estimate of drug-likeness (QED) is 0.839. The Morgan fingerprint density at radius 3 is 2.71 bits per heavy atom. The minimum Gasteiger partial charge on any atom is -0.469 e.